The number of rotatable bonds is 8. The highest BCUT2D eigenvalue weighted by Crippen LogP contribution is 2.36. The van der Waals surface area contributed by atoms with E-state index in [4.69, 9.17) is 9.97 Å². The number of aromatic nitrogens is 3. The zero-order valence-electron chi connectivity index (χ0n) is 22.6. The van der Waals surface area contributed by atoms with Crippen LogP contribution in [0, 0.1) is 0 Å². The molecule has 1 N–H and O–H groups in total. The topological polar surface area (TPSA) is 50.9 Å². The molecule has 0 radical (unpaired) electrons. The lowest BCUT2D eigenvalue weighted by Gasteiger charge is -2.22. The van der Waals surface area contributed by atoms with Crippen LogP contribution in [0.15, 0.2) is 97.2 Å². The molecule has 4 heteroatoms. The van der Waals surface area contributed by atoms with Gasteiger partial charge < -0.3 is 5.11 Å². The molecule has 0 atom stereocenters. The summed E-state index contributed by atoms with van der Waals surface area (Å²) < 4.78 is 2.20. The predicted molar refractivity (Wildman–Crippen MR) is 156 cm³/mol. The molecule has 4 nitrogen and oxygen atoms in total. The molecule has 2 heterocycles. The number of benzene rings is 3. The number of hydrogen-bond acceptors (Lipinski definition) is 3. The van der Waals surface area contributed by atoms with Crippen molar-refractivity contribution < 1.29 is 5.11 Å². The van der Waals surface area contributed by atoms with Crippen LogP contribution in [0.4, 0.5) is 0 Å². The van der Waals surface area contributed by atoms with Crippen molar-refractivity contribution in [3.05, 3.63) is 120 Å². The maximum atomic E-state index is 10.8. The Hall–Kier alpha value is -4.18. The Kier molecular flexibility index (Phi) is 7.41. The quantitative estimate of drug-likeness (QED) is 0.232. The van der Waals surface area contributed by atoms with Crippen molar-refractivity contribution in [1.29, 1.82) is 0 Å². The largest absolute Gasteiger partial charge is 0.507 e. The van der Waals surface area contributed by atoms with E-state index in [0.717, 1.165) is 46.9 Å². The monoisotopic (exact) mass is 501 g/mol. The van der Waals surface area contributed by atoms with Crippen molar-refractivity contribution in [2.24, 2.45) is 0 Å². The number of hydrogen-bond donors (Lipinski definition) is 1. The first-order valence-electron chi connectivity index (χ1n) is 13.4. The van der Waals surface area contributed by atoms with Crippen LogP contribution in [0.1, 0.15) is 62.0 Å². The van der Waals surface area contributed by atoms with Crippen molar-refractivity contribution in [1.82, 2.24) is 14.5 Å². The molecule has 0 aliphatic rings. The Morgan fingerprint density at radius 2 is 1.29 bits per heavy atom. The summed E-state index contributed by atoms with van der Waals surface area (Å²) in [5.41, 5.74) is 8.56. The van der Waals surface area contributed by atoms with Gasteiger partial charge in [-0.2, -0.15) is 0 Å². The van der Waals surface area contributed by atoms with Gasteiger partial charge in [0.15, 0.2) is 0 Å². The smallest absolute Gasteiger partial charge is 0.148 e. The first-order valence-corrected chi connectivity index (χ1v) is 13.4. The van der Waals surface area contributed by atoms with Gasteiger partial charge in [0.1, 0.15) is 11.6 Å². The van der Waals surface area contributed by atoms with E-state index < -0.39 is 0 Å². The van der Waals surface area contributed by atoms with Gasteiger partial charge in [0.05, 0.1) is 22.6 Å². The zero-order valence-corrected chi connectivity index (χ0v) is 22.6. The van der Waals surface area contributed by atoms with Gasteiger partial charge in [-0.25, -0.2) is 4.98 Å². The standard InChI is InChI=1S/C34H35N3O/c1-23(2)28-16-11-17-29(24(3)4)33(28)37-22-27(36-34(37)30-15-8-9-19-32(30)38)21-20-26-14-10-18-31(35-26)25-12-6-5-7-13-25/h5-19,22-24,38H,20-21H2,1-4H3. The summed E-state index contributed by atoms with van der Waals surface area (Å²) in [6.45, 7) is 8.91. The molecule has 5 aromatic rings. The molecule has 2 aromatic heterocycles. The molecule has 192 valence electrons. The van der Waals surface area contributed by atoms with E-state index in [1.54, 1.807) is 6.07 Å². The number of imidazole rings is 1. The molecule has 0 fully saturated rings. The molecule has 0 saturated carbocycles. The molecule has 0 aliphatic carbocycles. The minimum absolute atomic E-state index is 0.233. The highest BCUT2D eigenvalue weighted by molar-refractivity contribution is 5.68. The Balaban J connectivity index is 1.56. The molecule has 0 bridgehead atoms. The minimum Gasteiger partial charge on any atom is -0.507 e. The van der Waals surface area contributed by atoms with Crippen LogP contribution in [0.5, 0.6) is 5.75 Å². The lowest BCUT2D eigenvalue weighted by atomic mass is 9.92. The second-order valence-electron chi connectivity index (χ2n) is 10.4. The Morgan fingerprint density at radius 1 is 0.658 bits per heavy atom. The summed E-state index contributed by atoms with van der Waals surface area (Å²) in [7, 11) is 0. The maximum absolute atomic E-state index is 10.8. The highest BCUT2D eigenvalue weighted by atomic mass is 16.3. The van der Waals surface area contributed by atoms with E-state index >= 15 is 0 Å². The SMILES string of the molecule is CC(C)c1cccc(C(C)C)c1-n1cc(CCc2cccc(-c3ccccc3)n2)nc1-c1ccccc1O. The second kappa shape index (κ2) is 11.1. The van der Waals surface area contributed by atoms with Crippen LogP contribution in [-0.4, -0.2) is 19.6 Å². The van der Waals surface area contributed by atoms with Crippen LogP contribution >= 0.6 is 0 Å². The Bertz CT molecular complexity index is 1510. The predicted octanol–water partition coefficient (Wildman–Crippen LogP) is 8.34. The molecule has 0 amide bonds. The van der Waals surface area contributed by atoms with Crippen molar-refractivity contribution in [2.45, 2.75) is 52.4 Å². The third-order valence-corrected chi connectivity index (χ3v) is 7.00. The molecular formula is C34H35N3O. The summed E-state index contributed by atoms with van der Waals surface area (Å²) in [5, 5.41) is 10.8. The van der Waals surface area contributed by atoms with Crippen LogP contribution in [0.3, 0.4) is 0 Å². The average Bonchev–Trinajstić information content (AvgIpc) is 3.36. The van der Waals surface area contributed by atoms with Gasteiger partial charge >= 0.3 is 0 Å². The van der Waals surface area contributed by atoms with Gasteiger partial charge in [0, 0.05) is 17.5 Å². The van der Waals surface area contributed by atoms with Crippen LogP contribution in [-0.2, 0) is 12.8 Å². The van der Waals surface area contributed by atoms with Crippen molar-refractivity contribution in [3.8, 4) is 34.1 Å². The normalized spacial score (nSPS) is 11.4. The number of para-hydroxylation sites is 2. The van der Waals surface area contributed by atoms with Gasteiger partial charge in [-0.1, -0.05) is 94.4 Å². The fourth-order valence-corrected chi connectivity index (χ4v) is 5.01. The fraction of sp³-hybridized carbons (Fsp3) is 0.235. The summed E-state index contributed by atoms with van der Waals surface area (Å²) in [6, 6.07) is 30.5. The molecule has 38 heavy (non-hydrogen) atoms. The molecule has 3 aromatic carbocycles. The zero-order chi connectivity index (χ0) is 26.6. The molecule has 5 rings (SSSR count). The van der Waals surface area contributed by atoms with Gasteiger partial charge in [0.2, 0.25) is 0 Å². The minimum atomic E-state index is 0.233. The van der Waals surface area contributed by atoms with Gasteiger partial charge in [-0.3, -0.25) is 9.55 Å². The van der Waals surface area contributed by atoms with Gasteiger partial charge in [-0.05, 0) is 60.1 Å². The first kappa shape index (κ1) is 25.5. The van der Waals surface area contributed by atoms with Crippen LogP contribution in [0.25, 0.3) is 28.3 Å². The fourth-order valence-electron chi connectivity index (χ4n) is 5.01. The number of nitrogens with zero attached hydrogens (tertiary/aromatic N) is 3. The lowest BCUT2D eigenvalue weighted by Crippen LogP contribution is -2.07. The Labute approximate surface area is 225 Å². The van der Waals surface area contributed by atoms with E-state index in [1.165, 1.54) is 16.8 Å². The summed E-state index contributed by atoms with van der Waals surface area (Å²) >= 11 is 0. The van der Waals surface area contributed by atoms with Gasteiger partial charge in [0.25, 0.3) is 0 Å². The summed E-state index contributed by atoms with van der Waals surface area (Å²) in [5.74, 6) is 1.68. The molecular weight excluding hydrogens is 466 g/mol. The third-order valence-electron chi connectivity index (χ3n) is 7.00. The number of pyridine rings is 1. The van der Waals surface area contributed by atoms with E-state index in [0.29, 0.717) is 11.8 Å². The third kappa shape index (κ3) is 5.26. The molecule has 0 spiro atoms. The van der Waals surface area contributed by atoms with Crippen LogP contribution < -0.4 is 0 Å². The second-order valence-corrected chi connectivity index (χ2v) is 10.4. The highest BCUT2D eigenvalue weighted by Gasteiger charge is 2.21. The van der Waals surface area contributed by atoms with E-state index in [-0.39, 0.29) is 5.75 Å². The average molecular weight is 502 g/mol. The van der Waals surface area contributed by atoms with Crippen LogP contribution in [0.2, 0.25) is 0 Å². The van der Waals surface area contributed by atoms with E-state index in [9.17, 15) is 5.11 Å². The van der Waals surface area contributed by atoms with Crippen molar-refractivity contribution >= 4 is 0 Å². The number of phenols is 1. The molecule has 0 saturated heterocycles. The Morgan fingerprint density at radius 3 is 1.97 bits per heavy atom. The van der Waals surface area contributed by atoms with E-state index in [2.05, 4.69) is 87.0 Å². The summed E-state index contributed by atoms with van der Waals surface area (Å²) in [6.07, 6.45) is 3.68. The molecule has 0 aliphatic heterocycles. The van der Waals surface area contributed by atoms with Crippen molar-refractivity contribution in [2.75, 3.05) is 0 Å². The van der Waals surface area contributed by atoms with Gasteiger partial charge in [-0.15, -0.1) is 0 Å². The summed E-state index contributed by atoms with van der Waals surface area (Å²) in [4.78, 5) is 10.0. The number of phenolic OH excluding ortho intramolecular Hbond substituents is 1. The number of aryl methyl sites for hydroxylation is 2. The lowest BCUT2D eigenvalue weighted by molar-refractivity contribution is 0.477. The first-order chi connectivity index (χ1) is 18.4. The van der Waals surface area contributed by atoms with Crippen molar-refractivity contribution in [3.63, 3.8) is 0 Å². The maximum Gasteiger partial charge on any atom is 0.148 e. The molecule has 0 unspecified atom stereocenters. The number of aromatic hydroxyl groups is 1. The van der Waals surface area contributed by atoms with E-state index in [1.807, 2.05) is 36.4 Å².